The number of rotatable bonds is 5. The molecule has 1 aromatic rings. The second kappa shape index (κ2) is 5.85. The summed E-state index contributed by atoms with van der Waals surface area (Å²) in [4.78, 5) is 25.5. The molecule has 1 amide bonds. The second-order valence-electron chi connectivity index (χ2n) is 3.46. The van der Waals surface area contributed by atoms with Gasteiger partial charge in [-0.05, 0) is 24.6 Å². The zero-order valence-corrected chi connectivity index (χ0v) is 9.01. The molecule has 1 atom stereocenters. The number of carbonyl (C=O) groups excluding carboxylic acids is 1. The summed E-state index contributed by atoms with van der Waals surface area (Å²) >= 11 is 0. The van der Waals surface area contributed by atoms with Crippen LogP contribution in [-0.2, 0) is 9.59 Å². The normalized spacial score (nSPS) is 11.8. The zero-order valence-electron chi connectivity index (χ0n) is 9.01. The molecule has 1 unspecified atom stereocenters. The monoisotopic (exact) mass is 222 g/mol. The first-order chi connectivity index (χ1) is 7.59. The molecule has 1 heterocycles. The maximum Gasteiger partial charge on any atom is 0.303 e. The highest BCUT2D eigenvalue weighted by atomic mass is 16.4. The summed E-state index contributed by atoms with van der Waals surface area (Å²) in [5, 5.41) is 11.1. The fraction of sp³-hybridized carbons (Fsp3) is 0.364. The van der Waals surface area contributed by atoms with Crippen LogP contribution in [0.3, 0.4) is 0 Å². The number of hydrogen-bond acceptors (Lipinski definition) is 3. The second-order valence-corrected chi connectivity index (χ2v) is 3.46. The lowest BCUT2D eigenvalue weighted by Gasteiger charge is -2.13. The van der Waals surface area contributed by atoms with Crippen molar-refractivity contribution < 1.29 is 14.7 Å². The van der Waals surface area contributed by atoms with Gasteiger partial charge in [0.1, 0.15) is 0 Å². The van der Waals surface area contributed by atoms with Crippen molar-refractivity contribution in [1.82, 2.24) is 10.3 Å². The Hall–Kier alpha value is -1.91. The minimum atomic E-state index is -0.966. The smallest absolute Gasteiger partial charge is 0.303 e. The van der Waals surface area contributed by atoms with Crippen LogP contribution in [0, 0.1) is 0 Å². The summed E-state index contributed by atoms with van der Waals surface area (Å²) in [6, 6.07) is 3.48. The minimum Gasteiger partial charge on any atom is -0.481 e. The zero-order chi connectivity index (χ0) is 12.0. The van der Waals surface area contributed by atoms with Crippen molar-refractivity contribution in [3.05, 3.63) is 30.1 Å². The first-order valence-electron chi connectivity index (χ1n) is 5.00. The molecule has 16 heavy (non-hydrogen) atoms. The van der Waals surface area contributed by atoms with Crippen molar-refractivity contribution in [3.63, 3.8) is 0 Å². The number of aromatic nitrogens is 1. The number of carboxylic acid groups (broad SMARTS) is 1. The number of nitrogens with one attached hydrogen (secondary N) is 1. The molecule has 0 aliphatic rings. The van der Waals surface area contributed by atoms with Crippen molar-refractivity contribution in [3.8, 4) is 0 Å². The Kier molecular flexibility index (Phi) is 4.44. The van der Waals surface area contributed by atoms with Crippen molar-refractivity contribution in [2.45, 2.75) is 25.8 Å². The Morgan fingerprint density at radius 2 is 2.00 bits per heavy atom. The van der Waals surface area contributed by atoms with Gasteiger partial charge in [0.25, 0.3) is 0 Å². The van der Waals surface area contributed by atoms with Crippen molar-refractivity contribution in [2.75, 3.05) is 0 Å². The van der Waals surface area contributed by atoms with Crippen LogP contribution < -0.4 is 5.32 Å². The number of amides is 1. The van der Waals surface area contributed by atoms with Gasteiger partial charge in [0.05, 0.1) is 12.5 Å². The molecule has 86 valence electrons. The van der Waals surface area contributed by atoms with Crippen LogP contribution in [0.4, 0.5) is 0 Å². The van der Waals surface area contributed by atoms with Gasteiger partial charge < -0.3 is 10.4 Å². The number of pyridine rings is 1. The molecule has 0 aliphatic heterocycles. The molecule has 0 radical (unpaired) electrons. The van der Waals surface area contributed by atoms with E-state index in [-0.39, 0.29) is 24.8 Å². The van der Waals surface area contributed by atoms with Gasteiger partial charge in [0.15, 0.2) is 0 Å². The van der Waals surface area contributed by atoms with Gasteiger partial charge in [-0.2, -0.15) is 0 Å². The summed E-state index contributed by atoms with van der Waals surface area (Å²) in [6.45, 7) is 1.84. The SMILES string of the molecule is CC(NC(=O)CCC(=O)O)c1ccncc1. The van der Waals surface area contributed by atoms with Crippen molar-refractivity contribution in [1.29, 1.82) is 0 Å². The lowest BCUT2D eigenvalue weighted by molar-refractivity contribution is -0.138. The van der Waals surface area contributed by atoms with E-state index in [2.05, 4.69) is 10.3 Å². The molecule has 0 bridgehead atoms. The highest BCUT2D eigenvalue weighted by molar-refractivity contribution is 5.80. The minimum absolute atomic E-state index is 0.00472. The van der Waals surface area contributed by atoms with E-state index in [1.165, 1.54) is 0 Å². The predicted molar refractivity (Wildman–Crippen MR) is 57.7 cm³/mol. The Balaban J connectivity index is 2.43. The summed E-state index contributed by atoms with van der Waals surface area (Å²) in [5.41, 5.74) is 0.943. The number of carbonyl (C=O) groups is 2. The molecule has 2 N–H and O–H groups in total. The topological polar surface area (TPSA) is 79.3 Å². The molecule has 0 aliphatic carbocycles. The summed E-state index contributed by atoms with van der Waals surface area (Å²) in [7, 11) is 0. The van der Waals surface area contributed by atoms with Gasteiger partial charge in [-0.3, -0.25) is 14.6 Å². The maximum absolute atomic E-state index is 11.3. The first-order valence-corrected chi connectivity index (χ1v) is 5.00. The number of hydrogen-bond donors (Lipinski definition) is 2. The largest absolute Gasteiger partial charge is 0.481 e. The molecule has 1 aromatic heterocycles. The van der Waals surface area contributed by atoms with Crippen LogP contribution in [0.5, 0.6) is 0 Å². The van der Waals surface area contributed by atoms with Crippen LogP contribution in [-0.4, -0.2) is 22.0 Å². The Morgan fingerprint density at radius 3 is 2.56 bits per heavy atom. The number of nitrogens with zero attached hydrogens (tertiary/aromatic N) is 1. The van der Waals surface area contributed by atoms with Crippen molar-refractivity contribution >= 4 is 11.9 Å². The van der Waals surface area contributed by atoms with E-state index in [0.717, 1.165) is 5.56 Å². The quantitative estimate of drug-likeness (QED) is 0.782. The average Bonchev–Trinajstić information content (AvgIpc) is 2.27. The van der Waals surface area contributed by atoms with E-state index in [1.807, 2.05) is 19.1 Å². The van der Waals surface area contributed by atoms with E-state index in [4.69, 9.17) is 5.11 Å². The average molecular weight is 222 g/mol. The molecule has 5 heteroatoms. The molecular formula is C11H14N2O3. The van der Waals surface area contributed by atoms with E-state index in [9.17, 15) is 9.59 Å². The highest BCUT2D eigenvalue weighted by Crippen LogP contribution is 2.10. The van der Waals surface area contributed by atoms with Crippen molar-refractivity contribution in [2.24, 2.45) is 0 Å². The lowest BCUT2D eigenvalue weighted by Crippen LogP contribution is -2.26. The van der Waals surface area contributed by atoms with Gasteiger partial charge in [-0.15, -0.1) is 0 Å². The maximum atomic E-state index is 11.3. The van der Waals surface area contributed by atoms with Crippen LogP contribution in [0.2, 0.25) is 0 Å². The number of carboxylic acids is 1. The molecule has 5 nitrogen and oxygen atoms in total. The highest BCUT2D eigenvalue weighted by Gasteiger charge is 2.10. The third-order valence-corrected chi connectivity index (χ3v) is 2.15. The van der Waals surface area contributed by atoms with E-state index in [1.54, 1.807) is 12.4 Å². The first kappa shape index (κ1) is 12.2. The van der Waals surface area contributed by atoms with E-state index < -0.39 is 5.97 Å². The lowest BCUT2D eigenvalue weighted by atomic mass is 10.1. The van der Waals surface area contributed by atoms with Gasteiger partial charge in [0, 0.05) is 18.8 Å². The van der Waals surface area contributed by atoms with Crippen LogP contribution >= 0.6 is 0 Å². The molecule has 0 fully saturated rings. The standard InChI is InChI=1S/C11H14N2O3/c1-8(9-4-6-12-7-5-9)13-10(14)2-3-11(15)16/h4-8H,2-3H2,1H3,(H,13,14)(H,15,16). The fourth-order valence-electron chi connectivity index (χ4n) is 1.27. The fourth-order valence-corrected chi connectivity index (χ4v) is 1.27. The van der Waals surface area contributed by atoms with E-state index >= 15 is 0 Å². The predicted octanol–water partition coefficient (Wildman–Crippen LogP) is 1.12. The molecule has 0 aromatic carbocycles. The Bertz CT molecular complexity index is 365. The molecule has 0 saturated carbocycles. The van der Waals surface area contributed by atoms with Gasteiger partial charge in [-0.1, -0.05) is 0 Å². The number of aliphatic carboxylic acids is 1. The molecule has 0 saturated heterocycles. The molecule has 0 spiro atoms. The van der Waals surface area contributed by atoms with Crippen LogP contribution in [0.1, 0.15) is 31.4 Å². The van der Waals surface area contributed by atoms with Crippen LogP contribution in [0.25, 0.3) is 0 Å². The Morgan fingerprint density at radius 1 is 1.38 bits per heavy atom. The molecular weight excluding hydrogens is 208 g/mol. The summed E-state index contributed by atoms with van der Waals surface area (Å²) in [6.07, 6.45) is 3.16. The van der Waals surface area contributed by atoms with Crippen LogP contribution in [0.15, 0.2) is 24.5 Å². The molecule has 1 rings (SSSR count). The van der Waals surface area contributed by atoms with Gasteiger partial charge >= 0.3 is 5.97 Å². The Labute approximate surface area is 93.5 Å². The van der Waals surface area contributed by atoms with E-state index in [0.29, 0.717) is 0 Å². The third-order valence-electron chi connectivity index (χ3n) is 2.15. The third kappa shape index (κ3) is 4.08. The summed E-state index contributed by atoms with van der Waals surface area (Å²) < 4.78 is 0. The van der Waals surface area contributed by atoms with Gasteiger partial charge in [-0.25, -0.2) is 0 Å². The summed E-state index contributed by atoms with van der Waals surface area (Å²) in [5.74, 6) is -1.22. The van der Waals surface area contributed by atoms with Gasteiger partial charge in [0.2, 0.25) is 5.91 Å².